The highest BCUT2D eigenvalue weighted by molar-refractivity contribution is 5.85. The van der Waals surface area contributed by atoms with Crippen molar-refractivity contribution in [3.05, 3.63) is 4.91 Å². The van der Waals surface area contributed by atoms with Crippen molar-refractivity contribution >= 4 is 12.0 Å². The summed E-state index contributed by atoms with van der Waals surface area (Å²) in [4.78, 5) is 30.6. The normalized spacial score (nSPS) is 12.2. The molecule has 0 saturated heterocycles. The Kier molecular flexibility index (Phi) is 3.89. The molecule has 0 fully saturated rings. The van der Waals surface area contributed by atoms with E-state index in [-0.39, 0.29) is 5.92 Å². The van der Waals surface area contributed by atoms with Crippen molar-refractivity contribution < 1.29 is 14.7 Å². The number of rotatable bonds is 3. The minimum Gasteiger partial charge on any atom is -0.465 e. The summed E-state index contributed by atoms with van der Waals surface area (Å²) in [6.45, 7) is 3.23. The Bertz CT molecular complexity index is 202. The van der Waals surface area contributed by atoms with Crippen LogP contribution < -0.4 is 5.32 Å². The van der Waals surface area contributed by atoms with Gasteiger partial charge < -0.3 is 10.4 Å². The van der Waals surface area contributed by atoms with Gasteiger partial charge in [-0.2, -0.15) is 0 Å². The van der Waals surface area contributed by atoms with E-state index in [1.807, 2.05) is 5.32 Å². The summed E-state index contributed by atoms with van der Waals surface area (Å²) in [6.07, 6.45) is -1.34. The van der Waals surface area contributed by atoms with Gasteiger partial charge in [0, 0.05) is 5.18 Å². The number of nitroso groups, excluding NO2 is 1. The van der Waals surface area contributed by atoms with Crippen molar-refractivity contribution in [1.29, 1.82) is 0 Å². The lowest BCUT2D eigenvalue weighted by molar-refractivity contribution is -0.120. The van der Waals surface area contributed by atoms with Crippen LogP contribution in [-0.4, -0.2) is 23.1 Å². The lowest BCUT2D eigenvalue weighted by atomic mass is 10.0. The minimum atomic E-state index is -1.34. The number of carbonyl (C=O) groups excluding carboxylic acids is 1. The van der Waals surface area contributed by atoms with E-state index in [1.165, 1.54) is 0 Å². The molecular formula is C6H10N2O4. The topological polar surface area (TPSA) is 95.8 Å². The Hall–Kier alpha value is -1.46. The molecule has 1 atom stereocenters. The Labute approximate surface area is 68.9 Å². The van der Waals surface area contributed by atoms with Crippen LogP contribution in [0.25, 0.3) is 0 Å². The molecule has 68 valence electrons. The maximum absolute atomic E-state index is 10.7. The lowest BCUT2D eigenvalue weighted by Crippen LogP contribution is -2.42. The molecule has 0 heterocycles. The predicted octanol–water partition coefficient (Wildman–Crippen LogP) is 0.572. The third-order valence-electron chi connectivity index (χ3n) is 1.30. The fraction of sp³-hybridized carbons (Fsp3) is 0.667. The average molecular weight is 174 g/mol. The van der Waals surface area contributed by atoms with Crippen LogP contribution >= 0.6 is 0 Å². The third kappa shape index (κ3) is 3.09. The Morgan fingerprint density at radius 3 is 2.17 bits per heavy atom. The molecule has 0 aliphatic rings. The van der Waals surface area contributed by atoms with Crippen molar-refractivity contribution in [3.8, 4) is 0 Å². The first-order valence-corrected chi connectivity index (χ1v) is 3.35. The number of nitrogens with one attached hydrogen (secondary N) is 1. The van der Waals surface area contributed by atoms with Gasteiger partial charge in [-0.05, 0) is 5.92 Å². The quantitative estimate of drug-likeness (QED) is 0.611. The molecule has 0 saturated carbocycles. The number of carbonyl (C=O) groups is 2. The SMILES string of the molecule is CC(C)[C@@H](NC(=O)O)C(=O)N=O. The molecule has 0 aliphatic heterocycles. The van der Waals surface area contributed by atoms with Gasteiger partial charge in [0.15, 0.2) is 0 Å². The van der Waals surface area contributed by atoms with Gasteiger partial charge >= 0.3 is 12.0 Å². The Morgan fingerprint density at radius 2 is 1.92 bits per heavy atom. The first-order chi connectivity index (χ1) is 5.49. The summed E-state index contributed by atoms with van der Waals surface area (Å²) in [5, 5.41) is 12.3. The van der Waals surface area contributed by atoms with E-state index in [2.05, 4.69) is 5.18 Å². The van der Waals surface area contributed by atoms with Gasteiger partial charge in [-0.25, -0.2) is 4.79 Å². The molecule has 0 aromatic heterocycles. The van der Waals surface area contributed by atoms with Crippen molar-refractivity contribution in [2.75, 3.05) is 0 Å². The van der Waals surface area contributed by atoms with E-state index >= 15 is 0 Å². The predicted molar refractivity (Wildman–Crippen MR) is 40.6 cm³/mol. The summed E-state index contributed by atoms with van der Waals surface area (Å²) in [5.74, 6) is -1.28. The van der Waals surface area contributed by atoms with E-state index in [0.717, 1.165) is 0 Å². The fourth-order valence-electron chi connectivity index (χ4n) is 0.703. The van der Waals surface area contributed by atoms with Gasteiger partial charge in [0.1, 0.15) is 6.04 Å². The Morgan fingerprint density at radius 1 is 1.42 bits per heavy atom. The average Bonchev–Trinajstić information content (AvgIpc) is 1.98. The minimum absolute atomic E-state index is 0.286. The zero-order chi connectivity index (χ0) is 9.72. The number of amides is 2. The van der Waals surface area contributed by atoms with Crippen LogP contribution in [0.4, 0.5) is 4.79 Å². The standard InChI is InChI=1S/C6H10N2O4/c1-3(2)4(5(9)8-12)7-6(10)11/h3-4,7H,1-2H3,(H,10,11)/t4-/m1/s1. The Balaban J connectivity index is 4.32. The van der Waals surface area contributed by atoms with Gasteiger partial charge in [-0.3, -0.25) is 4.79 Å². The van der Waals surface area contributed by atoms with Crippen LogP contribution in [0.2, 0.25) is 0 Å². The molecule has 0 aromatic rings. The van der Waals surface area contributed by atoms with Gasteiger partial charge in [0.2, 0.25) is 0 Å². The van der Waals surface area contributed by atoms with E-state index < -0.39 is 18.0 Å². The van der Waals surface area contributed by atoms with E-state index in [0.29, 0.717) is 0 Å². The van der Waals surface area contributed by atoms with E-state index in [1.54, 1.807) is 13.8 Å². The molecule has 0 aromatic carbocycles. The van der Waals surface area contributed by atoms with Crippen LogP contribution in [-0.2, 0) is 4.79 Å². The van der Waals surface area contributed by atoms with E-state index in [4.69, 9.17) is 5.11 Å². The largest absolute Gasteiger partial charge is 0.465 e. The number of carboxylic acid groups (broad SMARTS) is 1. The van der Waals surface area contributed by atoms with Gasteiger partial charge in [0.05, 0.1) is 0 Å². The summed E-state index contributed by atoms with van der Waals surface area (Å²) in [5.41, 5.74) is 0. The second-order valence-corrected chi connectivity index (χ2v) is 2.60. The lowest BCUT2D eigenvalue weighted by Gasteiger charge is -2.14. The second-order valence-electron chi connectivity index (χ2n) is 2.60. The maximum atomic E-state index is 10.7. The van der Waals surface area contributed by atoms with Crippen LogP contribution in [0.1, 0.15) is 13.8 Å². The fourth-order valence-corrected chi connectivity index (χ4v) is 0.703. The molecule has 0 bridgehead atoms. The zero-order valence-corrected chi connectivity index (χ0v) is 6.77. The molecule has 2 amide bonds. The van der Waals surface area contributed by atoms with Crippen LogP contribution in [0.15, 0.2) is 5.18 Å². The molecule has 0 radical (unpaired) electrons. The van der Waals surface area contributed by atoms with E-state index in [9.17, 15) is 14.5 Å². The first-order valence-electron chi connectivity index (χ1n) is 3.35. The summed E-state index contributed by atoms with van der Waals surface area (Å²) < 4.78 is 0. The molecule has 0 unspecified atom stereocenters. The van der Waals surface area contributed by atoms with Gasteiger partial charge in [-0.15, -0.1) is 4.91 Å². The number of hydrogen-bond donors (Lipinski definition) is 2. The highest BCUT2D eigenvalue weighted by atomic mass is 16.4. The molecule has 6 nitrogen and oxygen atoms in total. The molecule has 0 rings (SSSR count). The number of nitrogens with zero attached hydrogens (tertiary/aromatic N) is 1. The molecule has 2 N–H and O–H groups in total. The smallest absolute Gasteiger partial charge is 0.405 e. The van der Waals surface area contributed by atoms with Crippen molar-refractivity contribution in [2.45, 2.75) is 19.9 Å². The molecular weight excluding hydrogens is 164 g/mol. The van der Waals surface area contributed by atoms with Crippen LogP contribution in [0.3, 0.4) is 0 Å². The van der Waals surface area contributed by atoms with Gasteiger partial charge in [-0.1, -0.05) is 13.8 Å². The highest BCUT2D eigenvalue weighted by Gasteiger charge is 2.24. The second kappa shape index (κ2) is 4.42. The summed E-state index contributed by atoms with van der Waals surface area (Å²) in [7, 11) is 0. The molecule has 12 heavy (non-hydrogen) atoms. The van der Waals surface area contributed by atoms with Crippen molar-refractivity contribution in [3.63, 3.8) is 0 Å². The zero-order valence-electron chi connectivity index (χ0n) is 6.77. The monoisotopic (exact) mass is 174 g/mol. The van der Waals surface area contributed by atoms with Crippen LogP contribution in [0, 0.1) is 10.8 Å². The maximum Gasteiger partial charge on any atom is 0.405 e. The van der Waals surface area contributed by atoms with Gasteiger partial charge in [0.25, 0.3) is 0 Å². The molecule has 6 heteroatoms. The molecule has 0 spiro atoms. The van der Waals surface area contributed by atoms with Crippen molar-refractivity contribution in [2.24, 2.45) is 11.1 Å². The first kappa shape index (κ1) is 10.5. The highest BCUT2D eigenvalue weighted by Crippen LogP contribution is 2.03. The number of hydrogen-bond acceptors (Lipinski definition) is 3. The summed E-state index contributed by atoms with van der Waals surface area (Å²) >= 11 is 0. The summed E-state index contributed by atoms with van der Waals surface area (Å²) in [6, 6.07) is -1.04. The third-order valence-corrected chi connectivity index (χ3v) is 1.30. The molecule has 0 aliphatic carbocycles. The van der Waals surface area contributed by atoms with Crippen LogP contribution in [0.5, 0.6) is 0 Å². The van der Waals surface area contributed by atoms with Crippen molar-refractivity contribution in [1.82, 2.24) is 5.32 Å².